The minimum atomic E-state index is -0.718. The van der Waals surface area contributed by atoms with Crippen LogP contribution in [0.1, 0.15) is 26.3 Å². The minimum absolute atomic E-state index is 0.0755. The van der Waals surface area contributed by atoms with Gasteiger partial charge in [-0.1, -0.05) is 12.1 Å². The van der Waals surface area contributed by atoms with Gasteiger partial charge >= 0.3 is 5.97 Å². The molecule has 1 heterocycles. The van der Waals surface area contributed by atoms with Gasteiger partial charge in [0.15, 0.2) is 17.3 Å². The normalized spacial score (nSPS) is 13.5. The van der Waals surface area contributed by atoms with Gasteiger partial charge in [0, 0.05) is 6.07 Å². The highest BCUT2D eigenvalue weighted by molar-refractivity contribution is 6.14. The van der Waals surface area contributed by atoms with Crippen molar-refractivity contribution in [2.45, 2.75) is 0 Å². The van der Waals surface area contributed by atoms with Crippen LogP contribution in [0.3, 0.4) is 0 Å². The van der Waals surface area contributed by atoms with Gasteiger partial charge in [0.25, 0.3) is 0 Å². The average molecular weight is 420 g/mol. The third kappa shape index (κ3) is 4.11. The first-order chi connectivity index (χ1) is 15.0. The number of hydrogen-bond donors (Lipinski definition) is 0. The first-order valence-electron chi connectivity index (χ1n) is 9.26. The molecular formula is C24H17FO6. The van der Waals surface area contributed by atoms with Gasteiger partial charge < -0.3 is 18.9 Å². The van der Waals surface area contributed by atoms with E-state index in [0.29, 0.717) is 22.6 Å². The van der Waals surface area contributed by atoms with Crippen LogP contribution < -0.4 is 18.9 Å². The Morgan fingerprint density at radius 3 is 2.52 bits per heavy atom. The number of rotatable bonds is 5. The van der Waals surface area contributed by atoms with E-state index in [1.54, 1.807) is 24.3 Å². The van der Waals surface area contributed by atoms with Crippen LogP contribution in [-0.4, -0.2) is 26.0 Å². The Hall–Kier alpha value is -4.13. The number of ether oxygens (including phenoxy) is 4. The molecule has 1 aliphatic heterocycles. The number of halogens is 1. The van der Waals surface area contributed by atoms with Crippen molar-refractivity contribution in [2.75, 3.05) is 14.2 Å². The number of Topliss-reactive ketones (excluding diaryl/α,β-unsaturated/α-hetero) is 1. The number of esters is 1. The lowest BCUT2D eigenvalue weighted by atomic mass is 10.1. The SMILES string of the molecule is COc1ccc(/C=C2\Oc3cc(OC(=O)c4cccc(F)c4)ccc3C2=O)cc1OC. The average Bonchev–Trinajstić information content (AvgIpc) is 3.08. The molecule has 0 atom stereocenters. The zero-order chi connectivity index (χ0) is 22.0. The maximum Gasteiger partial charge on any atom is 0.343 e. The number of fused-ring (bicyclic) bond motifs is 1. The van der Waals surface area contributed by atoms with E-state index in [1.807, 2.05) is 0 Å². The lowest BCUT2D eigenvalue weighted by Crippen LogP contribution is -2.08. The van der Waals surface area contributed by atoms with E-state index >= 15 is 0 Å². The third-order valence-electron chi connectivity index (χ3n) is 4.62. The summed E-state index contributed by atoms with van der Waals surface area (Å²) in [4.78, 5) is 24.9. The van der Waals surface area contributed by atoms with Crippen molar-refractivity contribution in [3.63, 3.8) is 0 Å². The number of carbonyl (C=O) groups excluding carboxylic acids is 2. The smallest absolute Gasteiger partial charge is 0.343 e. The van der Waals surface area contributed by atoms with E-state index in [-0.39, 0.29) is 28.6 Å². The predicted molar refractivity (Wildman–Crippen MR) is 110 cm³/mol. The second-order valence-corrected chi connectivity index (χ2v) is 6.61. The number of benzene rings is 3. The van der Waals surface area contributed by atoms with Crippen LogP contribution in [0.2, 0.25) is 0 Å². The summed E-state index contributed by atoms with van der Waals surface area (Å²) in [5.74, 6) is 0.0907. The zero-order valence-electron chi connectivity index (χ0n) is 16.7. The van der Waals surface area contributed by atoms with Crippen LogP contribution in [-0.2, 0) is 0 Å². The summed E-state index contributed by atoms with van der Waals surface area (Å²) in [5, 5.41) is 0. The lowest BCUT2D eigenvalue weighted by Gasteiger charge is -2.08. The Morgan fingerprint density at radius 1 is 0.968 bits per heavy atom. The van der Waals surface area contributed by atoms with E-state index in [0.717, 1.165) is 6.07 Å². The largest absolute Gasteiger partial charge is 0.493 e. The van der Waals surface area contributed by atoms with Crippen LogP contribution in [0.5, 0.6) is 23.0 Å². The maximum absolute atomic E-state index is 13.3. The van der Waals surface area contributed by atoms with Gasteiger partial charge in [-0.05, 0) is 54.1 Å². The molecule has 156 valence electrons. The molecule has 0 aromatic heterocycles. The van der Waals surface area contributed by atoms with E-state index in [1.165, 1.54) is 50.6 Å². The molecule has 0 aliphatic carbocycles. The van der Waals surface area contributed by atoms with Crippen molar-refractivity contribution < 1.29 is 32.9 Å². The van der Waals surface area contributed by atoms with Gasteiger partial charge in [-0.25, -0.2) is 9.18 Å². The summed E-state index contributed by atoms with van der Waals surface area (Å²) in [6, 6.07) is 14.8. The minimum Gasteiger partial charge on any atom is -0.493 e. The van der Waals surface area contributed by atoms with Crippen LogP contribution in [0.4, 0.5) is 4.39 Å². The second-order valence-electron chi connectivity index (χ2n) is 6.61. The summed E-state index contributed by atoms with van der Waals surface area (Å²) in [5.41, 5.74) is 1.11. The number of hydrogen-bond acceptors (Lipinski definition) is 6. The van der Waals surface area contributed by atoms with Gasteiger partial charge in [0.1, 0.15) is 17.3 Å². The quantitative estimate of drug-likeness (QED) is 0.339. The summed E-state index contributed by atoms with van der Waals surface area (Å²) in [6.45, 7) is 0. The predicted octanol–water partition coefficient (Wildman–Crippen LogP) is 4.68. The summed E-state index contributed by atoms with van der Waals surface area (Å²) in [7, 11) is 3.06. The first kappa shape index (κ1) is 20.2. The zero-order valence-corrected chi connectivity index (χ0v) is 16.7. The molecule has 0 fully saturated rings. The van der Waals surface area contributed by atoms with E-state index in [2.05, 4.69) is 0 Å². The van der Waals surface area contributed by atoms with Gasteiger partial charge in [0.2, 0.25) is 5.78 Å². The summed E-state index contributed by atoms with van der Waals surface area (Å²) in [6.07, 6.45) is 1.59. The number of ketones is 1. The number of carbonyl (C=O) groups is 2. The highest BCUT2D eigenvalue weighted by Gasteiger charge is 2.28. The van der Waals surface area contributed by atoms with Crippen molar-refractivity contribution in [1.82, 2.24) is 0 Å². The van der Waals surface area contributed by atoms with Gasteiger partial charge in [-0.15, -0.1) is 0 Å². The second kappa shape index (κ2) is 8.31. The molecule has 0 N–H and O–H groups in total. The molecule has 4 rings (SSSR count). The molecule has 3 aromatic carbocycles. The van der Waals surface area contributed by atoms with Gasteiger partial charge in [-0.2, -0.15) is 0 Å². The molecule has 3 aromatic rings. The number of methoxy groups -OCH3 is 2. The molecule has 1 aliphatic rings. The van der Waals surface area contributed by atoms with Gasteiger partial charge in [0.05, 0.1) is 25.3 Å². The van der Waals surface area contributed by atoms with Crippen molar-refractivity contribution >= 4 is 17.8 Å². The molecule has 0 unspecified atom stereocenters. The van der Waals surface area contributed by atoms with Gasteiger partial charge in [-0.3, -0.25) is 4.79 Å². The van der Waals surface area contributed by atoms with E-state index < -0.39 is 11.8 Å². The summed E-state index contributed by atoms with van der Waals surface area (Å²) >= 11 is 0. The fourth-order valence-corrected chi connectivity index (χ4v) is 3.11. The highest BCUT2D eigenvalue weighted by Crippen LogP contribution is 2.36. The molecular weight excluding hydrogens is 403 g/mol. The summed E-state index contributed by atoms with van der Waals surface area (Å²) < 4.78 is 34.8. The van der Waals surface area contributed by atoms with E-state index in [4.69, 9.17) is 18.9 Å². The van der Waals surface area contributed by atoms with Crippen LogP contribution in [0, 0.1) is 5.82 Å². The first-order valence-corrected chi connectivity index (χ1v) is 9.26. The van der Waals surface area contributed by atoms with Crippen LogP contribution in [0.15, 0.2) is 66.4 Å². The lowest BCUT2D eigenvalue weighted by molar-refractivity contribution is 0.0734. The Labute approximate surface area is 177 Å². The topological polar surface area (TPSA) is 71.1 Å². The van der Waals surface area contributed by atoms with Crippen LogP contribution in [0.25, 0.3) is 6.08 Å². The van der Waals surface area contributed by atoms with Crippen molar-refractivity contribution in [3.8, 4) is 23.0 Å². The molecule has 0 bridgehead atoms. The van der Waals surface area contributed by atoms with Crippen LogP contribution >= 0.6 is 0 Å². The monoisotopic (exact) mass is 420 g/mol. The fraction of sp³-hybridized carbons (Fsp3) is 0.0833. The Kier molecular flexibility index (Phi) is 5.41. The standard InChI is InChI=1S/C24H17FO6/c1-28-19-9-6-14(10-21(19)29-2)11-22-23(26)18-8-7-17(13-20(18)31-22)30-24(27)15-4-3-5-16(25)12-15/h3-13H,1-2H3/b22-11-. The fourth-order valence-electron chi connectivity index (χ4n) is 3.11. The van der Waals surface area contributed by atoms with Crippen molar-refractivity contribution in [2.24, 2.45) is 0 Å². The van der Waals surface area contributed by atoms with E-state index in [9.17, 15) is 14.0 Å². The molecule has 7 heteroatoms. The maximum atomic E-state index is 13.3. The molecule has 0 spiro atoms. The Balaban J connectivity index is 1.55. The highest BCUT2D eigenvalue weighted by atomic mass is 19.1. The third-order valence-corrected chi connectivity index (χ3v) is 4.62. The number of allylic oxidation sites excluding steroid dienone is 1. The van der Waals surface area contributed by atoms with Crippen molar-refractivity contribution in [3.05, 3.63) is 88.9 Å². The molecule has 31 heavy (non-hydrogen) atoms. The molecule has 0 amide bonds. The molecule has 0 saturated carbocycles. The molecule has 0 radical (unpaired) electrons. The Morgan fingerprint density at radius 2 is 1.77 bits per heavy atom. The Bertz CT molecular complexity index is 1210. The van der Waals surface area contributed by atoms with Crippen molar-refractivity contribution in [1.29, 1.82) is 0 Å². The molecule has 0 saturated heterocycles. The molecule has 6 nitrogen and oxygen atoms in total.